The van der Waals surface area contributed by atoms with Crippen LogP contribution in [0.5, 0.6) is 17.2 Å². The molecule has 0 saturated carbocycles. The lowest BCUT2D eigenvalue weighted by Gasteiger charge is -2.09. The number of aryl methyl sites for hydroxylation is 1. The Morgan fingerprint density at radius 1 is 1.04 bits per heavy atom. The lowest BCUT2D eigenvalue weighted by molar-refractivity contribution is -0.138. The number of rotatable bonds is 8. The van der Waals surface area contributed by atoms with E-state index in [2.05, 4.69) is 0 Å². The maximum absolute atomic E-state index is 11.8. The van der Waals surface area contributed by atoms with Gasteiger partial charge in [0.15, 0.2) is 11.5 Å². The Morgan fingerprint density at radius 2 is 1.84 bits per heavy atom. The van der Waals surface area contributed by atoms with Crippen LogP contribution in [0.25, 0.3) is 6.08 Å². The van der Waals surface area contributed by atoms with Crippen molar-refractivity contribution in [2.24, 2.45) is 0 Å². The van der Waals surface area contributed by atoms with Gasteiger partial charge in [0, 0.05) is 11.6 Å². The second-order valence-electron chi connectivity index (χ2n) is 5.25. The summed E-state index contributed by atoms with van der Waals surface area (Å²) >= 11 is 0. The first-order valence-electron chi connectivity index (χ1n) is 7.89. The zero-order valence-electron chi connectivity index (χ0n) is 14.7. The molecule has 2 aromatic rings. The molecule has 25 heavy (non-hydrogen) atoms. The Morgan fingerprint density at radius 3 is 2.56 bits per heavy atom. The number of carbonyl (C=O) groups excluding carboxylic acids is 1. The molecule has 0 amide bonds. The van der Waals surface area contributed by atoms with Gasteiger partial charge in [0.1, 0.15) is 19.0 Å². The summed E-state index contributed by atoms with van der Waals surface area (Å²) in [4.78, 5) is 11.8. The van der Waals surface area contributed by atoms with E-state index >= 15 is 0 Å². The molecule has 0 heterocycles. The molecule has 132 valence electrons. The summed E-state index contributed by atoms with van der Waals surface area (Å²) in [5.74, 6) is 1.48. The van der Waals surface area contributed by atoms with Gasteiger partial charge < -0.3 is 18.9 Å². The summed E-state index contributed by atoms with van der Waals surface area (Å²) in [6.07, 6.45) is 2.98. The molecular formula is C20H22O5. The van der Waals surface area contributed by atoms with Gasteiger partial charge in [-0.05, 0) is 36.8 Å². The monoisotopic (exact) mass is 342 g/mol. The second kappa shape index (κ2) is 9.37. The van der Waals surface area contributed by atoms with Crippen LogP contribution in [-0.2, 0) is 9.53 Å². The highest BCUT2D eigenvalue weighted by molar-refractivity contribution is 5.87. The molecule has 2 aromatic carbocycles. The Balaban J connectivity index is 1.83. The molecule has 0 fully saturated rings. The van der Waals surface area contributed by atoms with E-state index in [-0.39, 0.29) is 6.61 Å². The number of benzene rings is 2. The topological polar surface area (TPSA) is 54.0 Å². The summed E-state index contributed by atoms with van der Waals surface area (Å²) in [6, 6.07) is 13.1. The molecule has 0 spiro atoms. The quantitative estimate of drug-likeness (QED) is 0.416. The van der Waals surface area contributed by atoms with Crippen LogP contribution in [-0.4, -0.2) is 33.4 Å². The van der Waals surface area contributed by atoms with Crippen LogP contribution in [0.15, 0.2) is 48.5 Å². The molecule has 0 bridgehead atoms. The lowest BCUT2D eigenvalue weighted by Crippen LogP contribution is -2.10. The summed E-state index contributed by atoms with van der Waals surface area (Å²) in [5, 5.41) is 0. The number of para-hydroxylation sites is 1. The van der Waals surface area contributed by atoms with Crippen molar-refractivity contribution in [2.45, 2.75) is 6.92 Å². The van der Waals surface area contributed by atoms with Crippen LogP contribution in [0.3, 0.4) is 0 Å². The minimum atomic E-state index is -0.447. The fraction of sp³-hybridized carbons (Fsp3) is 0.250. The smallest absolute Gasteiger partial charge is 0.330 e. The van der Waals surface area contributed by atoms with Crippen molar-refractivity contribution in [1.29, 1.82) is 0 Å². The predicted octanol–water partition coefficient (Wildman–Crippen LogP) is 3.65. The first-order chi connectivity index (χ1) is 12.1. The van der Waals surface area contributed by atoms with Gasteiger partial charge in [0.2, 0.25) is 0 Å². The van der Waals surface area contributed by atoms with Crippen LogP contribution in [0, 0.1) is 6.92 Å². The number of hydrogen-bond acceptors (Lipinski definition) is 5. The minimum Gasteiger partial charge on any atom is -0.493 e. The molecule has 0 aliphatic rings. The van der Waals surface area contributed by atoms with Gasteiger partial charge in [-0.3, -0.25) is 0 Å². The molecule has 0 radical (unpaired) electrons. The van der Waals surface area contributed by atoms with Crippen LogP contribution in [0.4, 0.5) is 0 Å². The molecule has 0 saturated heterocycles. The zero-order chi connectivity index (χ0) is 18.1. The van der Waals surface area contributed by atoms with Crippen LogP contribution < -0.4 is 14.2 Å². The molecule has 0 aliphatic carbocycles. The Kier molecular flexibility index (Phi) is 6.89. The fourth-order valence-corrected chi connectivity index (χ4v) is 2.26. The van der Waals surface area contributed by atoms with Crippen LogP contribution in [0.1, 0.15) is 11.1 Å². The lowest BCUT2D eigenvalue weighted by atomic mass is 10.1. The average Bonchev–Trinajstić information content (AvgIpc) is 2.63. The van der Waals surface area contributed by atoms with E-state index in [1.807, 2.05) is 43.3 Å². The molecule has 0 unspecified atom stereocenters. The highest BCUT2D eigenvalue weighted by atomic mass is 16.6. The van der Waals surface area contributed by atoms with Gasteiger partial charge >= 0.3 is 5.97 Å². The third-order valence-electron chi connectivity index (χ3n) is 3.42. The SMILES string of the molecule is COc1cccc(/C=C/C(=O)OCCOc2cccc(C)c2)c1OC. The fourth-order valence-electron chi connectivity index (χ4n) is 2.26. The molecule has 5 nitrogen and oxygen atoms in total. The standard InChI is InChI=1S/C20H22O5/c1-15-6-4-8-17(14-15)24-12-13-25-19(21)11-10-16-7-5-9-18(22-2)20(16)23-3/h4-11,14H,12-13H2,1-3H3/b11-10+. The van der Waals surface area contributed by atoms with Crippen molar-refractivity contribution in [3.05, 3.63) is 59.7 Å². The Bertz CT molecular complexity index is 737. The largest absolute Gasteiger partial charge is 0.493 e. The van der Waals surface area contributed by atoms with Gasteiger partial charge in [-0.15, -0.1) is 0 Å². The zero-order valence-corrected chi connectivity index (χ0v) is 14.7. The second-order valence-corrected chi connectivity index (χ2v) is 5.25. The summed E-state index contributed by atoms with van der Waals surface area (Å²) in [5.41, 5.74) is 1.85. The van der Waals surface area contributed by atoms with Crippen molar-refractivity contribution in [3.8, 4) is 17.2 Å². The van der Waals surface area contributed by atoms with E-state index in [1.54, 1.807) is 26.4 Å². The van der Waals surface area contributed by atoms with Crippen molar-refractivity contribution < 1.29 is 23.7 Å². The van der Waals surface area contributed by atoms with Crippen molar-refractivity contribution >= 4 is 12.0 Å². The number of hydrogen-bond donors (Lipinski definition) is 0. The molecule has 0 N–H and O–H groups in total. The summed E-state index contributed by atoms with van der Waals surface area (Å²) in [6.45, 7) is 2.46. The van der Waals surface area contributed by atoms with Gasteiger partial charge in [0.25, 0.3) is 0 Å². The molecule has 2 rings (SSSR count). The molecule has 5 heteroatoms. The molecule has 0 atom stereocenters. The summed E-state index contributed by atoms with van der Waals surface area (Å²) in [7, 11) is 3.12. The highest BCUT2D eigenvalue weighted by Gasteiger charge is 2.07. The first kappa shape index (κ1) is 18.4. The van der Waals surface area contributed by atoms with Gasteiger partial charge in [-0.25, -0.2) is 4.79 Å². The van der Waals surface area contributed by atoms with E-state index in [0.717, 1.165) is 16.9 Å². The van der Waals surface area contributed by atoms with E-state index in [9.17, 15) is 4.79 Å². The van der Waals surface area contributed by atoms with E-state index in [1.165, 1.54) is 6.08 Å². The number of ether oxygens (including phenoxy) is 4. The van der Waals surface area contributed by atoms with Crippen molar-refractivity contribution in [2.75, 3.05) is 27.4 Å². The van der Waals surface area contributed by atoms with Crippen LogP contribution >= 0.6 is 0 Å². The highest BCUT2D eigenvalue weighted by Crippen LogP contribution is 2.31. The molecule has 0 aromatic heterocycles. The average molecular weight is 342 g/mol. The molecule has 0 aliphatic heterocycles. The van der Waals surface area contributed by atoms with E-state index < -0.39 is 5.97 Å². The van der Waals surface area contributed by atoms with Gasteiger partial charge in [-0.2, -0.15) is 0 Å². The third-order valence-corrected chi connectivity index (χ3v) is 3.42. The summed E-state index contributed by atoms with van der Waals surface area (Å²) < 4.78 is 21.2. The first-order valence-corrected chi connectivity index (χ1v) is 7.89. The van der Waals surface area contributed by atoms with Crippen LogP contribution in [0.2, 0.25) is 0 Å². The number of esters is 1. The maximum Gasteiger partial charge on any atom is 0.330 e. The minimum absolute atomic E-state index is 0.173. The van der Waals surface area contributed by atoms with Gasteiger partial charge in [0.05, 0.1) is 14.2 Å². The van der Waals surface area contributed by atoms with Gasteiger partial charge in [-0.1, -0.05) is 24.3 Å². The van der Waals surface area contributed by atoms with E-state index in [4.69, 9.17) is 18.9 Å². The Labute approximate surface area is 147 Å². The van der Waals surface area contributed by atoms with Crippen molar-refractivity contribution in [3.63, 3.8) is 0 Å². The maximum atomic E-state index is 11.8. The Hall–Kier alpha value is -2.95. The normalized spacial score (nSPS) is 10.5. The van der Waals surface area contributed by atoms with Crippen molar-refractivity contribution in [1.82, 2.24) is 0 Å². The number of methoxy groups -OCH3 is 2. The van der Waals surface area contributed by atoms with E-state index in [0.29, 0.717) is 18.1 Å². The predicted molar refractivity (Wildman–Crippen MR) is 96.2 cm³/mol. The molecular weight excluding hydrogens is 320 g/mol. The third kappa shape index (κ3) is 5.57. The number of carbonyl (C=O) groups is 1.